The molecule has 0 bridgehead atoms. The lowest BCUT2D eigenvalue weighted by molar-refractivity contribution is -0.132. The van der Waals surface area contributed by atoms with E-state index in [-0.39, 0.29) is 37.4 Å². The standard InChI is InChI=1S/C16H28ClN3O5/c1-16(2,3)25-14(22)18-8-4-13(21)20-9-5-12(6-10-20)19-15(23)24-11-7-17/h12H,4-11H2,1-3H3,(H,18,22)(H,19,23). The van der Waals surface area contributed by atoms with Gasteiger partial charge in [-0.25, -0.2) is 9.59 Å². The molecule has 0 saturated carbocycles. The normalized spacial score (nSPS) is 15.4. The summed E-state index contributed by atoms with van der Waals surface area (Å²) in [5.41, 5.74) is -0.562. The van der Waals surface area contributed by atoms with Crippen molar-refractivity contribution in [1.29, 1.82) is 0 Å². The first-order valence-electron chi connectivity index (χ1n) is 8.45. The number of rotatable bonds is 6. The van der Waals surface area contributed by atoms with E-state index in [0.717, 1.165) is 0 Å². The first kappa shape index (κ1) is 21.3. The minimum Gasteiger partial charge on any atom is -0.448 e. The van der Waals surface area contributed by atoms with E-state index in [9.17, 15) is 14.4 Å². The monoisotopic (exact) mass is 377 g/mol. The maximum absolute atomic E-state index is 12.1. The van der Waals surface area contributed by atoms with Crippen molar-refractivity contribution in [2.24, 2.45) is 0 Å². The number of alkyl halides is 1. The molecule has 0 atom stereocenters. The number of ether oxygens (including phenoxy) is 2. The van der Waals surface area contributed by atoms with Crippen molar-refractivity contribution in [3.8, 4) is 0 Å². The third-order valence-corrected chi connectivity index (χ3v) is 3.64. The van der Waals surface area contributed by atoms with E-state index in [4.69, 9.17) is 21.1 Å². The first-order chi connectivity index (χ1) is 11.7. The van der Waals surface area contributed by atoms with Crippen LogP contribution in [0.25, 0.3) is 0 Å². The van der Waals surface area contributed by atoms with E-state index >= 15 is 0 Å². The summed E-state index contributed by atoms with van der Waals surface area (Å²) in [5.74, 6) is 0.233. The SMILES string of the molecule is CC(C)(C)OC(=O)NCCC(=O)N1CCC(NC(=O)OCCCl)CC1. The molecule has 1 heterocycles. The number of nitrogens with one attached hydrogen (secondary N) is 2. The lowest BCUT2D eigenvalue weighted by Gasteiger charge is -2.32. The van der Waals surface area contributed by atoms with Crippen molar-refractivity contribution < 1.29 is 23.9 Å². The minimum atomic E-state index is -0.562. The number of carbonyl (C=O) groups is 3. The van der Waals surface area contributed by atoms with Crippen LogP contribution in [0.3, 0.4) is 0 Å². The average Bonchev–Trinajstić information content (AvgIpc) is 2.51. The highest BCUT2D eigenvalue weighted by molar-refractivity contribution is 6.18. The number of nitrogens with zero attached hydrogens (tertiary/aromatic N) is 1. The van der Waals surface area contributed by atoms with Crippen LogP contribution in [0.5, 0.6) is 0 Å². The van der Waals surface area contributed by atoms with Gasteiger partial charge in [0.1, 0.15) is 12.2 Å². The Morgan fingerprint density at radius 1 is 1.16 bits per heavy atom. The van der Waals surface area contributed by atoms with E-state index in [2.05, 4.69) is 10.6 Å². The van der Waals surface area contributed by atoms with Crippen LogP contribution in [0.4, 0.5) is 9.59 Å². The van der Waals surface area contributed by atoms with Gasteiger partial charge in [0.05, 0.1) is 5.88 Å². The molecule has 0 radical (unpaired) electrons. The Kier molecular flexibility index (Phi) is 8.82. The summed E-state index contributed by atoms with van der Waals surface area (Å²) in [6.07, 6.45) is 0.544. The van der Waals surface area contributed by atoms with Gasteiger partial charge in [0.25, 0.3) is 0 Å². The van der Waals surface area contributed by atoms with Gasteiger partial charge in [0.2, 0.25) is 5.91 Å². The highest BCUT2D eigenvalue weighted by Gasteiger charge is 2.24. The second kappa shape index (κ2) is 10.3. The highest BCUT2D eigenvalue weighted by Crippen LogP contribution is 2.12. The van der Waals surface area contributed by atoms with Crippen molar-refractivity contribution in [3.05, 3.63) is 0 Å². The number of amides is 3. The zero-order valence-corrected chi connectivity index (χ0v) is 15.9. The molecule has 0 aromatic rings. The third-order valence-electron chi connectivity index (χ3n) is 3.49. The van der Waals surface area contributed by atoms with E-state index in [0.29, 0.717) is 25.9 Å². The number of hydrogen-bond donors (Lipinski definition) is 2. The topological polar surface area (TPSA) is 97.0 Å². The van der Waals surface area contributed by atoms with Gasteiger partial charge in [-0.15, -0.1) is 11.6 Å². The fourth-order valence-corrected chi connectivity index (χ4v) is 2.43. The molecule has 0 aromatic heterocycles. The summed E-state index contributed by atoms with van der Waals surface area (Å²) in [6, 6.07) is -0.00763. The summed E-state index contributed by atoms with van der Waals surface area (Å²) in [5, 5.41) is 5.33. The maximum Gasteiger partial charge on any atom is 0.407 e. The molecule has 1 saturated heterocycles. The number of alkyl carbamates (subject to hydrolysis) is 2. The second-order valence-electron chi connectivity index (χ2n) is 6.80. The molecule has 1 aliphatic heterocycles. The molecule has 0 aromatic carbocycles. The van der Waals surface area contributed by atoms with Crippen LogP contribution in [0.2, 0.25) is 0 Å². The smallest absolute Gasteiger partial charge is 0.407 e. The molecular formula is C16H28ClN3O5. The van der Waals surface area contributed by atoms with Crippen LogP contribution >= 0.6 is 11.6 Å². The average molecular weight is 378 g/mol. The highest BCUT2D eigenvalue weighted by atomic mass is 35.5. The molecule has 8 nitrogen and oxygen atoms in total. The number of likely N-dealkylation sites (tertiary alicyclic amines) is 1. The van der Waals surface area contributed by atoms with Gasteiger partial charge in [-0.05, 0) is 33.6 Å². The zero-order valence-electron chi connectivity index (χ0n) is 15.1. The Labute approximate surface area is 153 Å². The lowest BCUT2D eigenvalue weighted by atomic mass is 10.0. The predicted octanol–water partition coefficient (Wildman–Crippen LogP) is 1.86. The Balaban J connectivity index is 2.20. The zero-order chi connectivity index (χ0) is 18.9. The number of piperidine rings is 1. The molecular weight excluding hydrogens is 350 g/mol. The minimum absolute atomic E-state index is 0.00763. The van der Waals surface area contributed by atoms with Crippen molar-refractivity contribution >= 4 is 29.7 Å². The van der Waals surface area contributed by atoms with Crippen molar-refractivity contribution in [1.82, 2.24) is 15.5 Å². The summed E-state index contributed by atoms with van der Waals surface area (Å²) in [6.45, 7) is 6.87. The molecule has 2 N–H and O–H groups in total. The van der Waals surface area contributed by atoms with Gasteiger partial charge in [-0.3, -0.25) is 4.79 Å². The van der Waals surface area contributed by atoms with Crippen LogP contribution in [0.1, 0.15) is 40.0 Å². The van der Waals surface area contributed by atoms with E-state index in [1.54, 1.807) is 25.7 Å². The van der Waals surface area contributed by atoms with Crippen LogP contribution in [-0.4, -0.2) is 66.8 Å². The molecule has 1 rings (SSSR count). The largest absolute Gasteiger partial charge is 0.448 e. The van der Waals surface area contributed by atoms with E-state index < -0.39 is 17.8 Å². The summed E-state index contributed by atoms with van der Waals surface area (Å²) >= 11 is 5.45. The molecule has 0 aliphatic carbocycles. The fraction of sp³-hybridized carbons (Fsp3) is 0.812. The number of carbonyl (C=O) groups excluding carboxylic acids is 3. The van der Waals surface area contributed by atoms with Crippen LogP contribution in [0, 0.1) is 0 Å². The Morgan fingerprint density at radius 2 is 1.80 bits per heavy atom. The van der Waals surface area contributed by atoms with E-state index in [1.807, 2.05) is 0 Å². The maximum atomic E-state index is 12.1. The third kappa shape index (κ3) is 9.38. The number of hydrogen-bond acceptors (Lipinski definition) is 5. The Morgan fingerprint density at radius 3 is 2.36 bits per heavy atom. The van der Waals surface area contributed by atoms with Gasteiger partial charge >= 0.3 is 12.2 Å². The lowest BCUT2D eigenvalue weighted by Crippen LogP contribution is -2.47. The fourth-order valence-electron chi connectivity index (χ4n) is 2.36. The second-order valence-corrected chi connectivity index (χ2v) is 7.18. The number of halogens is 1. The van der Waals surface area contributed by atoms with Crippen LogP contribution in [-0.2, 0) is 14.3 Å². The summed E-state index contributed by atoms with van der Waals surface area (Å²) in [7, 11) is 0. The van der Waals surface area contributed by atoms with Gasteiger partial charge in [0, 0.05) is 32.1 Å². The summed E-state index contributed by atoms with van der Waals surface area (Å²) < 4.78 is 9.97. The molecule has 25 heavy (non-hydrogen) atoms. The van der Waals surface area contributed by atoms with Gasteiger partial charge < -0.3 is 25.0 Å². The Hall–Kier alpha value is -1.70. The van der Waals surface area contributed by atoms with Crippen LogP contribution < -0.4 is 10.6 Å². The van der Waals surface area contributed by atoms with Crippen molar-refractivity contribution in [3.63, 3.8) is 0 Å². The predicted molar refractivity (Wildman–Crippen MR) is 93.7 cm³/mol. The van der Waals surface area contributed by atoms with E-state index in [1.165, 1.54) is 0 Å². The van der Waals surface area contributed by atoms with Gasteiger partial charge in [0.15, 0.2) is 0 Å². The molecule has 1 aliphatic rings. The van der Waals surface area contributed by atoms with Gasteiger partial charge in [-0.1, -0.05) is 0 Å². The molecule has 9 heteroatoms. The first-order valence-corrected chi connectivity index (χ1v) is 8.98. The molecule has 1 fully saturated rings. The molecule has 3 amide bonds. The summed E-state index contributed by atoms with van der Waals surface area (Å²) in [4.78, 5) is 36.9. The van der Waals surface area contributed by atoms with Crippen molar-refractivity contribution in [2.45, 2.75) is 51.7 Å². The van der Waals surface area contributed by atoms with Crippen LogP contribution in [0.15, 0.2) is 0 Å². The Bertz CT molecular complexity index is 459. The molecule has 144 valence electrons. The van der Waals surface area contributed by atoms with Gasteiger partial charge in [-0.2, -0.15) is 0 Å². The quantitative estimate of drug-likeness (QED) is 0.688. The molecule has 0 unspecified atom stereocenters. The molecule has 0 spiro atoms. The van der Waals surface area contributed by atoms with Crippen molar-refractivity contribution in [2.75, 3.05) is 32.1 Å².